The normalized spacial score (nSPS) is 11.4. The number of nitrogens with one attached hydrogen (secondary N) is 4. The predicted molar refractivity (Wildman–Crippen MR) is 234 cm³/mol. The zero-order chi connectivity index (χ0) is 38.8. The van der Waals surface area contributed by atoms with Crippen LogP contribution in [0.3, 0.4) is 0 Å². The molecule has 4 N–H and O–H groups in total. The quantitative estimate of drug-likeness (QED) is 0.0327. The van der Waals surface area contributed by atoms with Gasteiger partial charge in [0, 0.05) is 13.1 Å². The summed E-state index contributed by atoms with van der Waals surface area (Å²) >= 11 is 1.21. The molecule has 2 amide bonds. The summed E-state index contributed by atoms with van der Waals surface area (Å²) in [6.45, 7) is 10.9. The van der Waals surface area contributed by atoms with E-state index in [1.165, 1.54) is 101 Å². The zero-order valence-electron chi connectivity index (χ0n) is 34.2. The van der Waals surface area contributed by atoms with Crippen LogP contribution in [0, 0.1) is 13.8 Å². The van der Waals surface area contributed by atoms with Crippen molar-refractivity contribution < 1.29 is 9.59 Å². The lowest BCUT2D eigenvalue weighted by Crippen LogP contribution is -2.37. The number of carbonyl (C=O) groups excluding carboxylic acids is 2. The largest absolute Gasteiger partial charge is 0.327 e. The predicted octanol–water partition coefficient (Wildman–Crippen LogP) is 10.6. The van der Waals surface area contributed by atoms with Gasteiger partial charge < -0.3 is 9.13 Å². The van der Waals surface area contributed by atoms with Crippen molar-refractivity contribution in [1.82, 2.24) is 40.8 Å². The number of unbranched alkanes of at least 4 members (excludes halogenated alkanes) is 14. The Labute approximate surface area is 344 Å². The van der Waals surface area contributed by atoms with Gasteiger partial charge in [0.05, 0.1) is 44.9 Å². The van der Waals surface area contributed by atoms with Crippen molar-refractivity contribution in [3.05, 3.63) is 81.1 Å². The summed E-state index contributed by atoms with van der Waals surface area (Å²) in [5.74, 6) is 1.25. The Morgan fingerprint density at radius 1 is 0.554 bits per heavy atom. The van der Waals surface area contributed by atoms with E-state index in [9.17, 15) is 9.59 Å². The molecular formula is C44H65ClN8O2S. The Morgan fingerprint density at radius 3 is 1.30 bits per heavy atom. The molecule has 0 aliphatic rings. The first kappa shape index (κ1) is 44.9. The smallest absolute Gasteiger partial charge is 0.275 e. The summed E-state index contributed by atoms with van der Waals surface area (Å²) < 4.78 is 4.54. The molecule has 12 heteroatoms. The van der Waals surface area contributed by atoms with Crippen molar-refractivity contribution in [1.29, 1.82) is 0 Å². The van der Waals surface area contributed by atoms with Crippen molar-refractivity contribution in [2.75, 3.05) is 0 Å². The highest BCUT2D eigenvalue weighted by Gasteiger charge is 2.22. The minimum atomic E-state index is -0.266. The van der Waals surface area contributed by atoms with Gasteiger partial charge >= 0.3 is 0 Å². The van der Waals surface area contributed by atoms with Crippen LogP contribution in [-0.2, 0) is 26.2 Å². The number of imidazole rings is 2. The minimum Gasteiger partial charge on any atom is -0.327 e. The van der Waals surface area contributed by atoms with E-state index in [0.29, 0.717) is 22.8 Å². The number of halogens is 1. The van der Waals surface area contributed by atoms with E-state index in [-0.39, 0.29) is 24.2 Å². The lowest BCUT2D eigenvalue weighted by Gasteiger charge is -2.11. The van der Waals surface area contributed by atoms with Gasteiger partial charge in [0.15, 0.2) is 0 Å². The number of nitrogens with zero attached hydrogens (tertiary/aromatic N) is 4. The Morgan fingerprint density at radius 2 is 0.911 bits per heavy atom. The first-order chi connectivity index (χ1) is 26.9. The first-order valence-electron chi connectivity index (χ1n) is 21.0. The summed E-state index contributed by atoms with van der Waals surface area (Å²) in [6, 6.07) is 16.4. The number of hydrogen-bond donors (Lipinski definition) is 4. The molecule has 5 aromatic rings. The minimum absolute atomic E-state index is 0. The van der Waals surface area contributed by atoms with Crippen LogP contribution in [0.2, 0.25) is 0 Å². The molecule has 0 bridgehead atoms. The van der Waals surface area contributed by atoms with Crippen LogP contribution in [0.15, 0.2) is 48.5 Å². The van der Waals surface area contributed by atoms with Crippen LogP contribution in [0.4, 0.5) is 0 Å². The van der Waals surface area contributed by atoms with Crippen LogP contribution in [-0.4, -0.2) is 30.9 Å². The third-order valence-electron chi connectivity index (χ3n) is 10.7. The molecule has 0 unspecified atom stereocenters. The van der Waals surface area contributed by atoms with Gasteiger partial charge in [0.2, 0.25) is 0 Å². The Balaban J connectivity index is 0.00000696. The Kier molecular flexibility index (Phi) is 19.3. The van der Waals surface area contributed by atoms with Gasteiger partial charge in [-0.05, 0) is 62.1 Å². The maximum atomic E-state index is 13.4. The lowest BCUT2D eigenvalue weighted by molar-refractivity contribution is 0.0928. The summed E-state index contributed by atoms with van der Waals surface area (Å²) in [5, 5.41) is 0. The highest BCUT2D eigenvalue weighted by Crippen LogP contribution is 2.27. The number of hydrogen-bond acceptors (Lipinski definition) is 7. The van der Waals surface area contributed by atoms with Crippen LogP contribution in [0.1, 0.15) is 159 Å². The monoisotopic (exact) mass is 804 g/mol. The van der Waals surface area contributed by atoms with Crippen molar-refractivity contribution in [2.24, 2.45) is 0 Å². The van der Waals surface area contributed by atoms with Gasteiger partial charge in [-0.1, -0.05) is 128 Å². The molecule has 0 spiro atoms. The van der Waals surface area contributed by atoms with E-state index >= 15 is 0 Å². The molecule has 0 aliphatic heterocycles. The fourth-order valence-corrected chi connectivity index (χ4v) is 8.48. The average molecular weight is 806 g/mol. The van der Waals surface area contributed by atoms with E-state index in [2.05, 4.69) is 56.8 Å². The van der Waals surface area contributed by atoms with Crippen LogP contribution in [0.25, 0.3) is 22.1 Å². The number of aryl methyl sites for hydroxylation is 2. The van der Waals surface area contributed by atoms with Crippen LogP contribution >= 0.6 is 23.7 Å². The molecule has 3 heterocycles. The van der Waals surface area contributed by atoms with Crippen LogP contribution in [0.5, 0.6) is 0 Å². The molecule has 0 saturated carbocycles. The van der Waals surface area contributed by atoms with Crippen molar-refractivity contribution in [2.45, 2.75) is 157 Å². The van der Waals surface area contributed by atoms with Crippen molar-refractivity contribution in [3.8, 4) is 0 Å². The first-order valence-corrected chi connectivity index (χ1v) is 21.8. The number of amides is 2. The highest BCUT2D eigenvalue weighted by atomic mass is 35.5. The summed E-state index contributed by atoms with van der Waals surface area (Å²) in [5.41, 5.74) is 17.7. The number of hydrazine groups is 2. The molecule has 56 heavy (non-hydrogen) atoms. The van der Waals surface area contributed by atoms with E-state index in [1.54, 1.807) is 0 Å². The highest BCUT2D eigenvalue weighted by molar-refractivity contribution is 7.16. The number of benzene rings is 2. The number of rotatable bonds is 26. The van der Waals surface area contributed by atoms with Gasteiger partial charge in [0.25, 0.3) is 11.8 Å². The van der Waals surface area contributed by atoms with Crippen LogP contribution < -0.4 is 21.7 Å². The second kappa shape index (κ2) is 24.1. The fourth-order valence-electron chi connectivity index (χ4n) is 7.38. The molecule has 2 aromatic carbocycles. The van der Waals surface area contributed by atoms with Gasteiger partial charge in [0.1, 0.15) is 11.6 Å². The molecule has 0 fully saturated rings. The fraction of sp³-hybridized carbons (Fsp3) is 0.545. The molecule has 0 atom stereocenters. The second-order valence-corrected chi connectivity index (χ2v) is 15.9. The van der Waals surface area contributed by atoms with Gasteiger partial charge in [-0.2, -0.15) is 0 Å². The van der Waals surface area contributed by atoms with E-state index in [1.807, 2.05) is 50.2 Å². The third-order valence-corrected chi connectivity index (χ3v) is 12.1. The number of carbonyl (C=O) groups is 2. The van der Waals surface area contributed by atoms with Gasteiger partial charge in [-0.15, -0.1) is 23.7 Å². The summed E-state index contributed by atoms with van der Waals surface area (Å²) in [6.07, 6.45) is 20.3. The van der Waals surface area contributed by atoms with Crippen molar-refractivity contribution in [3.63, 3.8) is 0 Å². The lowest BCUT2D eigenvalue weighted by atomic mass is 10.1. The number of para-hydroxylation sites is 4. The molecule has 0 radical (unpaired) electrons. The molecule has 3 aromatic heterocycles. The Hall–Kier alpha value is -3.77. The SMILES string of the molecule is CCCCCCCCCCn1c(CNNC(=O)c2sc(C(=O)NNCc3nc4ccccc4n3CCCCCCCCCC)c(C)c2C)nc2ccccc21.Cl. The molecule has 0 saturated heterocycles. The number of thiophene rings is 1. The summed E-state index contributed by atoms with van der Waals surface area (Å²) in [4.78, 5) is 37.6. The summed E-state index contributed by atoms with van der Waals surface area (Å²) in [7, 11) is 0. The number of fused-ring (bicyclic) bond motifs is 2. The maximum Gasteiger partial charge on any atom is 0.275 e. The van der Waals surface area contributed by atoms with E-state index < -0.39 is 0 Å². The average Bonchev–Trinajstić information content (AvgIpc) is 3.83. The molecule has 10 nitrogen and oxygen atoms in total. The maximum absolute atomic E-state index is 13.4. The van der Waals surface area contributed by atoms with Gasteiger partial charge in [-0.3, -0.25) is 20.4 Å². The molecular weight excluding hydrogens is 740 g/mol. The Bertz CT molecular complexity index is 1810. The molecule has 5 rings (SSSR count). The third kappa shape index (κ3) is 12.6. The zero-order valence-corrected chi connectivity index (χ0v) is 35.8. The number of aromatic nitrogens is 4. The molecule has 306 valence electrons. The van der Waals surface area contributed by atoms with E-state index in [4.69, 9.17) is 9.97 Å². The van der Waals surface area contributed by atoms with E-state index in [0.717, 1.165) is 70.8 Å². The second-order valence-electron chi connectivity index (χ2n) is 14.9. The topological polar surface area (TPSA) is 118 Å². The van der Waals surface area contributed by atoms with Gasteiger partial charge in [-0.25, -0.2) is 20.8 Å². The van der Waals surface area contributed by atoms with Crippen molar-refractivity contribution >= 4 is 57.6 Å². The standard InChI is InChI=1S/C44H64N8O2S.ClH/c1-5-7-9-11-13-15-17-23-29-51-37-27-21-19-25-35(37)47-39(51)31-45-49-43(53)41-33(3)34(4)42(55-41)44(54)50-46-32-40-48-36-26-20-22-28-38(36)52(40)30-24-18-16-14-12-10-8-6-2;/h19-22,25-28,45-46H,5-18,23-24,29-32H2,1-4H3,(H,49,53)(H,50,54);1H. The molecule has 0 aliphatic carbocycles.